The van der Waals surface area contributed by atoms with Crippen LogP contribution in [0.2, 0.25) is 0 Å². The molecule has 17 heavy (non-hydrogen) atoms. The summed E-state index contributed by atoms with van der Waals surface area (Å²) in [6.45, 7) is 2.27. The highest BCUT2D eigenvalue weighted by atomic mass is 79.9. The molecule has 0 radical (unpaired) electrons. The maximum atomic E-state index is 8.86. The number of likely N-dealkylation sites (tertiary alicyclic amines) is 1. The molecule has 1 saturated heterocycles. The van der Waals surface area contributed by atoms with E-state index in [1.165, 1.54) is 19.4 Å². The molecule has 0 spiro atoms. The van der Waals surface area contributed by atoms with E-state index in [2.05, 4.69) is 39.3 Å². The summed E-state index contributed by atoms with van der Waals surface area (Å²) in [7, 11) is 2.16. The maximum Gasteiger partial charge on any atom is 0.100 e. The first kappa shape index (κ1) is 12.4. The van der Waals surface area contributed by atoms with E-state index in [0.29, 0.717) is 11.6 Å². The van der Waals surface area contributed by atoms with Crippen LogP contribution in [0.25, 0.3) is 0 Å². The van der Waals surface area contributed by atoms with Crippen LogP contribution in [0.4, 0.5) is 5.69 Å². The third-order valence-electron chi connectivity index (χ3n) is 3.08. The molecule has 2 rings (SSSR count). The fourth-order valence-electron chi connectivity index (χ4n) is 2.22. The van der Waals surface area contributed by atoms with Crippen LogP contribution in [0, 0.1) is 11.3 Å². The van der Waals surface area contributed by atoms with Gasteiger partial charge in [0.2, 0.25) is 0 Å². The SMILES string of the molecule is CN1CCCC(Nc2ccc(C#N)c(Br)c2)C1. The van der Waals surface area contributed by atoms with Gasteiger partial charge in [-0.3, -0.25) is 0 Å². The highest BCUT2D eigenvalue weighted by Gasteiger charge is 2.16. The van der Waals surface area contributed by atoms with E-state index >= 15 is 0 Å². The van der Waals surface area contributed by atoms with Crippen molar-refractivity contribution in [2.45, 2.75) is 18.9 Å². The van der Waals surface area contributed by atoms with E-state index in [9.17, 15) is 0 Å². The van der Waals surface area contributed by atoms with Crippen LogP contribution in [0.3, 0.4) is 0 Å². The summed E-state index contributed by atoms with van der Waals surface area (Å²) in [6.07, 6.45) is 2.45. The number of nitrogens with one attached hydrogen (secondary N) is 1. The molecule has 1 atom stereocenters. The lowest BCUT2D eigenvalue weighted by Crippen LogP contribution is -2.39. The van der Waals surface area contributed by atoms with Crippen LogP contribution in [-0.4, -0.2) is 31.1 Å². The molecule has 1 N–H and O–H groups in total. The number of halogens is 1. The number of nitrogens with zero attached hydrogens (tertiary/aromatic N) is 2. The molecular formula is C13H16BrN3. The number of hydrogen-bond acceptors (Lipinski definition) is 3. The van der Waals surface area contributed by atoms with Crippen molar-refractivity contribution in [3.8, 4) is 6.07 Å². The number of rotatable bonds is 2. The van der Waals surface area contributed by atoms with Crippen LogP contribution < -0.4 is 5.32 Å². The quantitative estimate of drug-likeness (QED) is 0.911. The van der Waals surface area contributed by atoms with Crippen LogP contribution in [0.1, 0.15) is 18.4 Å². The van der Waals surface area contributed by atoms with Gasteiger partial charge in [-0.05, 0) is 60.6 Å². The lowest BCUT2D eigenvalue weighted by atomic mass is 10.1. The van der Waals surface area contributed by atoms with Crippen molar-refractivity contribution in [2.75, 3.05) is 25.5 Å². The fourth-order valence-corrected chi connectivity index (χ4v) is 2.68. The molecule has 1 aliphatic rings. The van der Waals surface area contributed by atoms with E-state index in [0.717, 1.165) is 16.7 Å². The molecule has 0 aromatic heterocycles. The lowest BCUT2D eigenvalue weighted by Gasteiger charge is -2.30. The summed E-state index contributed by atoms with van der Waals surface area (Å²) in [6, 6.07) is 8.45. The van der Waals surface area contributed by atoms with Crippen molar-refractivity contribution < 1.29 is 0 Å². The zero-order chi connectivity index (χ0) is 12.3. The second-order valence-electron chi connectivity index (χ2n) is 4.55. The van der Waals surface area contributed by atoms with Crippen molar-refractivity contribution in [1.82, 2.24) is 4.90 Å². The third-order valence-corrected chi connectivity index (χ3v) is 3.74. The number of piperidine rings is 1. The summed E-state index contributed by atoms with van der Waals surface area (Å²) in [5.74, 6) is 0. The van der Waals surface area contributed by atoms with Crippen LogP contribution >= 0.6 is 15.9 Å². The van der Waals surface area contributed by atoms with Gasteiger partial charge in [0.15, 0.2) is 0 Å². The molecule has 3 nitrogen and oxygen atoms in total. The van der Waals surface area contributed by atoms with Gasteiger partial charge in [0.05, 0.1) is 5.56 Å². The molecule has 0 bridgehead atoms. The summed E-state index contributed by atoms with van der Waals surface area (Å²) < 4.78 is 0.856. The minimum absolute atomic E-state index is 0.508. The largest absolute Gasteiger partial charge is 0.381 e. The average Bonchev–Trinajstić information content (AvgIpc) is 2.29. The Morgan fingerprint density at radius 2 is 2.35 bits per heavy atom. The Balaban J connectivity index is 2.04. The molecule has 1 aromatic carbocycles. The van der Waals surface area contributed by atoms with E-state index in [-0.39, 0.29) is 0 Å². The Bertz CT molecular complexity index is 439. The number of nitriles is 1. The highest BCUT2D eigenvalue weighted by molar-refractivity contribution is 9.10. The topological polar surface area (TPSA) is 39.1 Å². The van der Waals surface area contributed by atoms with Crippen molar-refractivity contribution >= 4 is 21.6 Å². The minimum atomic E-state index is 0.508. The van der Waals surface area contributed by atoms with E-state index in [1.54, 1.807) is 0 Å². The normalized spacial score (nSPS) is 20.9. The molecule has 1 unspecified atom stereocenters. The number of benzene rings is 1. The molecule has 0 amide bonds. The Kier molecular flexibility index (Phi) is 4.03. The lowest BCUT2D eigenvalue weighted by molar-refractivity contribution is 0.261. The molecule has 90 valence electrons. The predicted molar refractivity (Wildman–Crippen MR) is 73.0 cm³/mol. The van der Waals surface area contributed by atoms with Crippen molar-refractivity contribution in [2.24, 2.45) is 0 Å². The van der Waals surface area contributed by atoms with Gasteiger partial charge < -0.3 is 10.2 Å². The van der Waals surface area contributed by atoms with Gasteiger partial charge in [-0.2, -0.15) is 5.26 Å². The highest BCUT2D eigenvalue weighted by Crippen LogP contribution is 2.22. The Hall–Kier alpha value is -1.05. The van der Waals surface area contributed by atoms with Crippen molar-refractivity contribution in [1.29, 1.82) is 5.26 Å². The van der Waals surface area contributed by atoms with Gasteiger partial charge in [0.1, 0.15) is 6.07 Å². The average molecular weight is 294 g/mol. The molecule has 1 aromatic rings. The van der Waals surface area contributed by atoms with E-state index < -0.39 is 0 Å². The first-order valence-corrected chi connectivity index (χ1v) is 6.63. The van der Waals surface area contributed by atoms with E-state index in [4.69, 9.17) is 5.26 Å². The zero-order valence-electron chi connectivity index (χ0n) is 9.91. The first-order valence-electron chi connectivity index (χ1n) is 5.84. The second-order valence-corrected chi connectivity index (χ2v) is 5.41. The zero-order valence-corrected chi connectivity index (χ0v) is 11.5. The molecular weight excluding hydrogens is 278 g/mol. The molecule has 0 aliphatic carbocycles. The van der Waals surface area contributed by atoms with Crippen LogP contribution in [-0.2, 0) is 0 Å². The van der Waals surface area contributed by atoms with Gasteiger partial charge >= 0.3 is 0 Å². The molecule has 1 fully saturated rings. The smallest absolute Gasteiger partial charge is 0.100 e. The number of likely N-dealkylation sites (N-methyl/N-ethyl adjacent to an activating group) is 1. The molecule has 1 aliphatic heterocycles. The Morgan fingerprint density at radius 1 is 1.53 bits per heavy atom. The Morgan fingerprint density at radius 3 is 3.00 bits per heavy atom. The van der Waals surface area contributed by atoms with Crippen molar-refractivity contribution in [3.05, 3.63) is 28.2 Å². The van der Waals surface area contributed by atoms with Gasteiger partial charge in [-0.1, -0.05) is 0 Å². The number of hydrogen-bond donors (Lipinski definition) is 1. The second kappa shape index (κ2) is 5.52. The molecule has 0 saturated carbocycles. The van der Waals surface area contributed by atoms with Gasteiger partial charge in [0, 0.05) is 22.7 Å². The summed E-state index contributed by atoms with van der Waals surface area (Å²) in [5.41, 5.74) is 1.76. The van der Waals surface area contributed by atoms with E-state index in [1.807, 2.05) is 18.2 Å². The molecule has 4 heteroatoms. The Labute approximate surface area is 111 Å². The number of anilines is 1. The predicted octanol–water partition coefficient (Wildman–Crippen LogP) is 2.83. The van der Waals surface area contributed by atoms with Crippen molar-refractivity contribution in [3.63, 3.8) is 0 Å². The van der Waals surface area contributed by atoms with Gasteiger partial charge in [-0.15, -0.1) is 0 Å². The maximum absolute atomic E-state index is 8.86. The van der Waals surface area contributed by atoms with Gasteiger partial charge in [-0.25, -0.2) is 0 Å². The first-order chi connectivity index (χ1) is 8.19. The minimum Gasteiger partial charge on any atom is -0.381 e. The summed E-state index contributed by atoms with van der Waals surface area (Å²) >= 11 is 3.41. The standard InChI is InChI=1S/C13H16BrN3/c1-17-6-2-3-12(9-17)16-11-5-4-10(8-15)13(14)7-11/h4-5,7,12,16H,2-3,6,9H2,1H3. The third kappa shape index (κ3) is 3.21. The monoisotopic (exact) mass is 293 g/mol. The van der Waals surface area contributed by atoms with Crippen LogP contribution in [0.15, 0.2) is 22.7 Å². The summed E-state index contributed by atoms with van der Waals surface area (Å²) in [5, 5.41) is 12.4. The fraction of sp³-hybridized carbons (Fsp3) is 0.462. The summed E-state index contributed by atoms with van der Waals surface area (Å²) in [4.78, 5) is 2.35. The molecule has 1 heterocycles. The van der Waals surface area contributed by atoms with Gasteiger partial charge in [0.25, 0.3) is 0 Å². The van der Waals surface area contributed by atoms with Crippen LogP contribution in [0.5, 0.6) is 0 Å².